The summed E-state index contributed by atoms with van der Waals surface area (Å²) >= 11 is 0. The van der Waals surface area contributed by atoms with Crippen molar-refractivity contribution < 1.29 is 9.90 Å². The summed E-state index contributed by atoms with van der Waals surface area (Å²) in [5, 5.41) is 10.9. The van der Waals surface area contributed by atoms with Crippen LogP contribution in [0.15, 0.2) is 43.0 Å². The molecule has 1 aromatic heterocycles. The molecule has 3 heteroatoms. The van der Waals surface area contributed by atoms with Crippen LogP contribution in [-0.4, -0.2) is 10.5 Å². The topological polar surface area (TPSA) is 45.1 Å². The maximum atomic E-state index is 10.9. The summed E-state index contributed by atoms with van der Waals surface area (Å²) in [6, 6.07) is 11.1. The molecular formula is C14H12NO2-. The number of hydrogen-bond donors (Lipinski definition) is 0. The van der Waals surface area contributed by atoms with E-state index in [4.69, 9.17) is 0 Å². The van der Waals surface area contributed by atoms with Gasteiger partial charge in [0.1, 0.15) is 0 Å². The minimum Gasteiger partial charge on any atom is -0.543 e. The third-order valence-corrected chi connectivity index (χ3v) is 2.66. The highest BCUT2D eigenvalue weighted by Gasteiger charge is 2.08. The van der Waals surface area contributed by atoms with Crippen LogP contribution in [0.2, 0.25) is 0 Å². The van der Waals surface area contributed by atoms with E-state index in [1.54, 1.807) is 6.07 Å². The number of hydrogen-bond acceptors (Lipinski definition) is 2. The third-order valence-electron chi connectivity index (χ3n) is 2.66. The second-order valence-electron chi connectivity index (χ2n) is 3.81. The first kappa shape index (κ1) is 11.2. The van der Waals surface area contributed by atoms with Gasteiger partial charge in [0.15, 0.2) is 0 Å². The number of carboxylic acid groups (broad SMARTS) is 1. The van der Waals surface area contributed by atoms with Crippen molar-refractivity contribution in [1.82, 2.24) is 4.57 Å². The van der Waals surface area contributed by atoms with Gasteiger partial charge in [-0.25, -0.2) is 0 Å². The van der Waals surface area contributed by atoms with Crippen LogP contribution in [0.5, 0.6) is 0 Å². The number of aromatic carboxylic acids is 1. The van der Waals surface area contributed by atoms with Crippen molar-refractivity contribution in [2.45, 2.75) is 6.92 Å². The molecule has 1 aromatic carbocycles. The Hall–Kier alpha value is -2.29. The smallest absolute Gasteiger partial charge is 0.0883 e. The van der Waals surface area contributed by atoms with Gasteiger partial charge in [-0.05, 0) is 24.6 Å². The predicted molar refractivity (Wildman–Crippen MR) is 65.3 cm³/mol. The van der Waals surface area contributed by atoms with Crippen LogP contribution in [-0.2, 0) is 0 Å². The Balaban J connectivity index is 2.56. The van der Waals surface area contributed by atoms with Gasteiger partial charge in [0.25, 0.3) is 0 Å². The normalized spacial score (nSPS) is 10.2. The van der Waals surface area contributed by atoms with Crippen LogP contribution in [0.4, 0.5) is 0 Å². The van der Waals surface area contributed by atoms with Gasteiger partial charge in [0, 0.05) is 6.20 Å². The Morgan fingerprint density at radius 2 is 1.88 bits per heavy atom. The molecule has 2 rings (SSSR count). The third kappa shape index (κ3) is 1.99. The van der Waals surface area contributed by atoms with E-state index in [0.29, 0.717) is 0 Å². The first-order chi connectivity index (χ1) is 8.13. The lowest BCUT2D eigenvalue weighted by atomic mass is 10.1. The Morgan fingerprint density at radius 3 is 2.41 bits per heavy atom. The molecule has 0 spiro atoms. The average Bonchev–Trinajstić information content (AvgIpc) is 2.73. The second kappa shape index (κ2) is 4.29. The number of carbonyl (C=O) groups excluding carboxylic acids is 1. The summed E-state index contributed by atoms with van der Waals surface area (Å²) in [6.07, 6.45) is 1.47. The summed E-state index contributed by atoms with van der Waals surface area (Å²) in [6.45, 7) is 5.62. The molecular weight excluding hydrogens is 214 g/mol. The molecule has 0 atom stereocenters. The van der Waals surface area contributed by atoms with Gasteiger partial charge in [-0.3, -0.25) is 0 Å². The van der Waals surface area contributed by atoms with Crippen LogP contribution < -0.4 is 5.11 Å². The number of rotatable bonds is 3. The van der Waals surface area contributed by atoms with E-state index in [0.717, 1.165) is 16.8 Å². The van der Waals surface area contributed by atoms with Crippen molar-refractivity contribution >= 4 is 12.2 Å². The molecule has 86 valence electrons. The SMILES string of the molecule is C=Cn1c(C(=O)[O-])ccc1-c1ccc(C)cc1. The van der Waals surface area contributed by atoms with Crippen LogP contribution in [0.3, 0.4) is 0 Å². The fourth-order valence-corrected chi connectivity index (χ4v) is 1.77. The van der Waals surface area contributed by atoms with Gasteiger partial charge < -0.3 is 14.5 Å². The van der Waals surface area contributed by atoms with Crippen LogP contribution in [0.1, 0.15) is 16.1 Å². The van der Waals surface area contributed by atoms with E-state index in [-0.39, 0.29) is 5.69 Å². The first-order valence-electron chi connectivity index (χ1n) is 5.25. The van der Waals surface area contributed by atoms with E-state index in [2.05, 4.69) is 6.58 Å². The Labute approximate surface area is 99.6 Å². The van der Waals surface area contributed by atoms with Gasteiger partial charge in [-0.1, -0.05) is 36.4 Å². The molecule has 0 aliphatic rings. The summed E-state index contributed by atoms with van der Waals surface area (Å²) in [7, 11) is 0. The zero-order chi connectivity index (χ0) is 12.4. The zero-order valence-electron chi connectivity index (χ0n) is 9.51. The van der Waals surface area contributed by atoms with Gasteiger partial charge >= 0.3 is 0 Å². The van der Waals surface area contributed by atoms with Crippen LogP contribution >= 0.6 is 0 Å². The summed E-state index contributed by atoms with van der Waals surface area (Å²) in [5.41, 5.74) is 3.00. The van der Waals surface area contributed by atoms with Gasteiger partial charge in [-0.15, -0.1) is 0 Å². The number of nitrogens with zero attached hydrogens (tertiary/aromatic N) is 1. The van der Waals surface area contributed by atoms with Gasteiger partial charge in [0.05, 0.1) is 17.4 Å². The van der Waals surface area contributed by atoms with Crippen LogP contribution in [0, 0.1) is 6.92 Å². The maximum absolute atomic E-state index is 10.9. The molecule has 0 saturated carbocycles. The fraction of sp³-hybridized carbons (Fsp3) is 0.0714. The van der Waals surface area contributed by atoms with E-state index in [1.807, 2.05) is 31.2 Å². The molecule has 2 aromatic rings. The van der Waals surface area contributed by atoms with E-state index in [1.165, 1.54) is 16.8 Å². The lowest BCUT2D eigenvalue weighted by Crippen LogP contribution is -2.24. The zero-order valence-corrected chi connectivity index (χ0v) is 9.51. The number of carbonyl (C=O) groups is 1. The monoisotopic (exact) mass is 226 g/mol. The molecule has 0 fully saturated rings. The summed E-state index contributed by atoms with van der Waals surface area (Å²) in [5.74, 6) is -1.21. The molecule has 0 aliphatic carbocycles. The Bertz CT molecular complexity index is 564. The Morgan fingerprint density at radius 1 is 1.24 bits per heavy atom. The van der Waals surface area contributed by atoms with E-state index < -0.39 is 5.97 Å². The largest absolute Gasteiger partial charge is 0.543 e. The van der Waals surface area contributed by atoms with Gasteiger partial charge in [0.2, 0.25) is 0 Å². The molecule has 0 amide bonds. The summed E-state index contributed by atoms with van der Waals surface area (Å²) < 4.78 is 1.51. The highest BCUT2D eigenvalue weighted by Crippen LogP contribution is 2.23. The minimum atomic E-state index is -1.21. The maximum Gasteiger partial charge on any atom is 0.0883 e. The molecule has 0 unspecified atom stereocenters. The molecule has 0 bridgehead atoms. The van der Waals surface area contributed by atoms with Crippen molar-refractivity contribution in [3.8, 4) is 11.3 Å². The fourth-order valence-electron chi connectivity index (χ4n) is 1.77. The molecule has 0 saturated heterocycles. The standard InChI is InChI=1S/C14H13NO2/c1-3-15-12(8-9-13(15)14(16)17)11-6-4-10(2)5-7-11/h3-9H,1H2,2H3,(H,16,17)/p-1. The van der Waals surface area contributed by atoms with Crippen molar-refractivity contribution in [1.29, 1.82) is 0 Å². The Kier molecular flexibility index (Phi) is 2.83. The molecule has 0 radical (unpaired) electrons. The minimum absolute atomic E-state index is 0.107. The number of aromatic nitrogens is 1. The van der Waals surface area contributed by atoms with Crippen molar-refractivity contribution in [3.05, 3.63) is 54.2 Å². The average molecular weight is 226 g/mol. The van der Waals surface area contributed by atoms with Crippen molar-refractivity contribution in [2.75, 3.05) is 0 Å². The first-order valence-corrected chi connectivity index (χ1v) is 5.25. The van der Waals surface area contributed by atoms with E-state index in [9.17, 15) is 9.90 Å². The molecule has 0 N–H and O–H groups in total. The van der Waals surface area contributed by atoms with Gasteiger partial charge in [-0.2, -0.15) is 0 Å². The number of benzene rings is 1. The quantitative estimate of drug-likeness (QED) is 0.802. The predicted octanol–water partition coefficient (Wildman–Crippen LogP) is 1.93. The lowest BCUT2D eigenvalue weighted by Gasteiger charge is -2.09. The number of aryl methyl sites for hydroxylation is 1. The van der Waals surface area contributed by atoms with Crippen LogP contribution in [0.25, 0.3) is 17.5 Å². The molecule has 1 heterocycles. The van der Waals surface area contributed by atoms with Crippen molar-refractivity contribution in [2.24, 2.45) is 0 Å². The lowest BCUT2D eigenvalue weighted by molar-refractivity contribution is -0.255. The van der Waals surface area contributed by atoms with Crippen molar-refractivity contribution in [3.63, 3.8) is 0 Å². The number of carboxylic acids is 1. The second-order valence-corrected chi connectivity index (χ2v) is 3.81. The molecule has 0 aliphatic heterocycles. The summed E-state index contributed by atoms with van der Waals surface area (Å²) in [4.78, 5) is 10.9. The molecule has 3 nitrogen and oxygen atoms in total. The highest BCUT2D eigenvalue weighted by atomic mass is 16.4. The molecule has 17 heavy (non-hydrogen) atoms. The highest BCUT2D eigenvalue weighted by molar-refractivity contribution is 5.87. The van der Waals surface area contributed by atoms with E-state index >= 15 is 0 Å².